The maximum absolute atomic E-state index is 12.4. The highest BCUT2D eigenvalue weighted by Crippen LogP contribution is 2.30. The van der Waals surface area contributed by atoms with Gasteiger partial charge in [-0.1, -0.05) is 25.1 Å². The van der Waals surface area contributed by atoms with E-state index in [2.05, 4.69) is 10.4 Å². The van der Waals surface area contributed by atoms with Crippen molar-refractivity contribution in [3.8, 4) is 5.69 Å². The average Bonchev–Trinajstić information content (AvgIpc) is 3.15. The molecule has 0 aliphatic heterocycles. The number of aromatic nitrogens is 2. The Labute approximate surface area is 144 Å². The van der Waals surface area contributed by atoms with E-state index in [1.54, 1.807) is 0 Å². The van der Waals surface area contributed by atoms with E-state index >= 15 is 0 Å². The second-order valence-corrected chi connectivity index (χ2v) is 7.02. The SMILES string of the molecule is Cc1nn(-c2ccccc2)c2sc(C(=O)NCC(C)CCO)cc12. The number of thiophene rings is 1. The molecule has 3 rings (SSSR count). The third kappa shape index (κ3) is 3.34. The van der Waals surface area contributed by atoms with Gasteiger partial charge in [0.2, 0.25) is 0 Å². The van der Waals surface area contributed by atoms with Gasteiger partial charge in [0.15, 0.2) is 0 Å². The first-order valence-corrected chi connectivity index (χ1v) is 8.85. The topological polar surface area (TPSA) is 67.2 Å². The number of hydrogen-bond donors (Lipinski definition) is 2. The molecular weight excluding hydrogens is 322 g/mol. The molecule has 1 amide bonds. The number of carbonyl (C=O) groups is 1. The number of rotatable bonds is 6. The number of hydrogen-bond acceptors (Lipinski definition) is 4. The molecule has 24 heavy (non-hydrogen) atoms. The highest BCUT2D eigenvalue weighted by Gasteiger charge is 2.17. The van der Waals surface area contributed by atoms with Crippen LogP contribution in [0, 0.1) is 12.8 Å². The smallest absolute Gasteiger partial charge is 0.261 e. The predicted molar refractivity (Wildman–Crippen MR) is 96.9 cm³/mol. The van der Waals surface area contributed by atoms with Gasteiger partial charge in [-0.3, -0.25) is 4.79 Å². The Morgan fingerprint density at radius 2 is 2.12 bits per heavy atom. The molecule has 0 fully saturated rings. The number of benzene rings is 1. The molecule has 3 aromatic rings. The van der Waals surface area contributed by atoms with Crippen molar-refractivity contribution >= 4 is 27.5 Å². The Balaban J connectivity index is 1.85. The minimum absolute atomic E-state index is 0.0694. The molecule has 2 N–H and O–H groups in total. The largest absolute Gasteiger partial charge is 0.396 e. The van der Waals surface area contributed by atoms with Crippen LogP contribution in [0.4, 0.5) is 0 Å². The molecule has 0 saturated carbocycles. The molecule has 0 saturated heterocycles. The predicted octanol–water partition coefficient (Wildman–Crippen LogP) is 3.14. The summed E-state index contributed by atoms with van der Waals surface area (Å²) in [7, 11) is 0. The van der Waals surface area contributed by atoms with E-state index in [1.807, 2.05) is 54.9 Å². The van der Waals surface area contributed by atoms with Gasteiger partial charge in [-0.2, -0.15) is 5.10 Å². The van der Waals surface area contributed by atoms with Crippen molar-refractivity contribution < 1.29 is 9.90 Å². The van der Waals surface area contributed by atoms with Gasteiger partial charge in [0, 0.05) is 18.5 Å². The fourth-order valence-electron chi connectivity index (χ4n) is 2.58. The number of aryl methyl sites for hydroxylation is 1. The molecule has 5 nitrogen and oxygen atoms in total. The molecule has 0 radical (unpaired) electrons. The Morgan fingerprint density at radius 1 is 1.38 bits per heavy atom. The first-order chi connectivity index (χ1) is 11.6. The molecule has 126 valence electrons. The van der Waals surface area contributed by atoms with Crippen molar-refractivity contribution in [2.75, 3.05) is 13.2 Å². The molecule has 0 aliphatic rings. The van der Waals surface area contributed by atoms with Gasteiger partial charge in [0.1, 0.15) is 4.83 Å². The summed E-state index contributed by atoms with van der Waals surface area (Å²) in [6.45, 7) is 4.68. The van der Waals surface area contributed by atoms with Crippen LogP contribution in [0.5, 0.6) is 0 Å². The summed E-state index contributed by atoms with van der Waals surface area (Å²) in [4.78, 5) is 14.1. The van der Waals surface area contributed by atoms with E-state index in [-0.39, 0.29) is 18.4 Å². The standard InChI is InChI=1S/C18H21N3O2S/c1-12(8-9-22)11-19-17(23)16-10-15-13(2)20-21(18(15)24-16)14-6-4-3-5-7-14/h3-7,10,12,22H,8-9,11H2,1-2H3,(H,19,23). The van der Waals surface area contributed by atoms with Crippen LogP contribution in [-0.4, -0.2) is 33.9 Å². The van der Waals surface area contributed by atoms with Crippen molar-refractivity contribution in [1.82, 2.24) is 15.1 Å². The summed E-state index contributed by atoms with van der Waals surface area (Å²) in [5.41, 5.74) is 1.90. The van der Waals surface area contributed by atoms with Crippen LogP contribution in [0.3, 0.4) is 0 Å². The zero-order chi connectivity index (χ0) is 17.1. The van der Waals surface area contributed by atoms with Gasteiger partial charge in [0.05, 0.1) is 16.3 Å². The quantitative estimate of drug-likeness (QED) is 0.722. The Hall–Kier alpha value is -2.18. The Kier molecular flexibility index (Phi) is 4.97. The van der Waals surface area contributed by atoms with Gasteiger partial charge in [0.25, 0.3) is 5.91 Å². The molecule has 1 aromatic carbocycles. The van der Waals surface area contributed by atoms with E-state index in [1.165, 1.54) is 11.3 Å². The minimum Gasteiger partial charge on any atom is -0.396 e. The van der Waals surface area contributed by atoms with E-state index in [4.69, 9.17) is 5.11 Å². The Bertz CT molecular complexity index is 839. The number of amides is 1. The summed E-state index contributed by atoms with van der Waals surface area (Å²) < 4.78 is 1.89. The van der Waals surface area contributed by atoms with E-state index in [9.17, 15) is 4.79 Å². The van der Waals surface area contributed by atoms with Gasteiger partial charge in [-0.15, -0.1) is 11.3 Å². The van der Waals surface area contributed by atoms with E-state index < -0.39 is 0 Å². The Morgan fingerprint density at radius 3 is 2.83 bits per heavy atom. The van der Waals surface area contributed by atoms with Crippen LogP contribution in [0.1, 0.15) is 28.7 Å². The van der Waals surface area contributed by atoms with Crippen LogP contribution in [0.15, 0.2) is 36.4 Å². The first-order valence-electron chi connectivity index (χ1n) is 8.03. The van der Waals surface area contributed by atoms with Gasteiger partial charge in [-0.05, 0) is 37.5 Å². The lowest BCUT2D eigenvalue weighted by atomic mass is 10.1. The summed E-state index contributed by atoms with van der Waals surface area (Å²) in [5.74, 6) is 0.190. The van der Waals surface area contributed by atoms with E-state index in [0.717, 1.165) is 21.6 Å². The highest BCUT2D eigenvalue weighted by molar-refractivity contribution is 7.20. The van der Waals surface area contributed by atoms with Crippen LogP contribution in [-0.2, 0) is 0 Å². The molecule has 0 spiro atoms. The number of fused-ring (bicyclic) bond motifs is 1. The van der Waals surface area contributed by atoms with Gasteiger partial charge < -0.3 is 10.4 Å². The average molecular weight is 343 g/mol. The zero-order valence-electron chi connectivity index (χ0n) is 13.8. The van der Waals surface area contributed by atoms with Crippen LogP contribution in [0.25, 0.3) is 15.9 Å². The number of aliphatic hydroxyl groups is 1. The molecule has 0 bridgehead atoms. The minimum atomic E-state index is -0.0694. The molecule has 1 unspecified atom stereocenters. The number of nitrogens with zero attached hydrogens (tertiary/aromatic N) is 2. The fraction of sp³-hybridized carbons (Fsp3) is 0.333. The van der Waals surface area contributed by atoms with Crippen LogP contribution >= 0.6 is 11.3 Å². The second kappa shape index (κ2) is 7.15. The normalized spacial score (nSPS) is 12.5. The van der Waals surface area contributed by atoms with Crippen LogP contribution < -0.4 is 5.32 Å². The van der Waals surface area contributed by atoms with Crippen LogP contribution in [0.2, 0.25) is 0 Å². The van der Waals surface area contributed by atoms with Gasteiger partial charge >= 0.3 is 0 Å². The first kappa shape index (κ1) is 16.7. The van der Waals surface area contributed by atoms with Crippen molar-refractivity contribution in [3.63, 3.8) is 0 Å². The third-order valence-electron chi connectivity index (χ3n) is 4.00. The summed E-state index contributed by atoms with van der Waals surface area (Å²) in [5, 5.41) is 17.5. The van der Waals surface area contributed by atoms with Crippen molar-refractivity contribution in [3.05, 3.63) is 47.0 Å². The van der Waals surface area contributed by atoms with Crippen molar-refractivity contribution in [1.29, 1.82) is 0 Å². The summed E-state index contributed by atoms with van der Waals surface area (Å²) in [6, 6.07) is 11.8. The molecule has 2 aromatic heterocycles. The maximum Gasteiger partial charge on any atom is 0.261 e. The maximum atomic E-state index is 12.4. The lowest BCUT2D eigenvalue weighted by Crippen LogP contribution is -2.28. The van der Waals surface area contributed by atoms with Crippen molar-refractivity contribution in [2.24, 2.45) is 5.92 Å². The molecule has 6 heteroatoms. The molecular formula is C18H21N3O2S. The molecule has 2 heterocycles. The molecule has 1 atom stereocenters. The second-order valence-electron chi connectivity index (χ2n) is 5.99. The van der Waals surface area contributed by atoms with E-state index in [0.29, 0.717) is 17.8 Å². The zero-order valence-corrected chi connectivity index (χ0v) is 14.6. The van der Waals surface area contributed by atoms with Crippen molar-refractivity contribution in [2.45, 2.75) is 20.3 Å². The summed E-state index contributed by atoms with van der Waals surface area (Å²) in [6.07, 6.45) is 0.689. The number of aliphatic hydroxyl groups excluding tert-OH is 1. The summed E-state index contributed by atoms with van der Waals surface area (Å²) >= 11 is 1.45. The monoisotopic (exact) mass is 343 g/mol. The molecule has 0 aliphatic carbocycles. The third-order valence-corrected chi connectivity index (χ3v) is 5.11. The lowest BCUT2D eigenvalue weighted by Gasteiger charge is -2.10. The number of para-hydroxylation sites is 1. The fourth-order valence-corrected chi connectivity index (χ4v) is 3.68. The highest BCUT2D eigenvalue weighted by atomic mass is 32.1. The van der Waals surface area contributed by atoms with Gasteiger partial charge in [-0.25, -0.2) is 4.68 Å². The number of nitrogens with one attached hydrogen (secondary N) is 1. The lowest BCUT2D eigenvalue weighted by molar-refractivity contribution is 0.0949. The number of carbonyl (C=O) groups excluding carboxylic acids is 1.